The zero-order chi connectivity index (χ0) is 13.1. The van der Waals surface area contributed by atoms with Crippen LogP contribution in [-0.2, 0) is 4.79 Å². The highest BCUT2D eigenvalue weighted by molar-refractivity contribution is 7.18. The third-order valence-corrected chi connectivity index (χ3v) is 4.21. The highest BCUT2D eigenvalue weighted by atomic mass is 32.1. The van der Waals surface area contributed by atoms with E-state index < -0.39 is 5.97 Å². The Hall–Kier alpha value is -1.46. The first-order valence-electron chi connectivity index (χ1n) is 5.85. The van der Waals surface area contributed by atoms with Crippen molar-refractivity contribution in [2.24, 2.45) is 0 Å². The number of nitrogens with zero attached hydrogens (tertiary/aromatic N) is 2. The molecule has 1 aromatic heterocycles. The highest BCUT2D eigenvalue weighted by Gasteiger charge is 2.16. The minimum atomic E-state index is -0.765. The lowest BCUT2D eigenvalue weighted by atomic mass is 10.3. The zero-order valence-corrected chi connectivity index (χ0v) is 11.3. The van der Waals surface area contributed by atoms with Gasteiger partial charge in [0.25, 0.3) is 0 Å². The molecule has 18 heavy (non-hydrogen) atoms. The van der Waals surface area contributed by atoms with E-state index in [1.54, 1.807) is 11.3 Å². The number of para-hydroxylation sites is 1. The van der Waals surface area contributed by atoms with Gasteiger partial charge in [0, 0.05) is 6.54 Å². The number of benzene rings is 1. The molecule has 1 aromatic carbocycles. The van der Waals surface area contributed by atoms with E-state index in [1.807, 2.05) is 30.1 Å². The van der Waals surface area contributed by atoms with Crippen LogP contribution in [0.3, 0.4) is 0 Å². The Morgan fingerprint density at radius 1 is 1.50 bits per heavy atom. The smallest absolute Gasteiger partial charge is 0.304 e. The van der Waals surface area contributed by atoms with Crippen molar-refractivity contribution in [2.45, 2.75) is 19.4 Å². The van der Waals surface area contributed by atoms with Crippen molar-refractivity contribution in [1.82, 2.24) is 9.88 Å². The number of carboxylic acids is 1. The van der Waals surface area contributed by atoms with E-state index in [2.05, 4.69) is 18.0 Å². The summed E-state index contributed by atoms with van der Waals surface area (Å²) in [6.07, 6.45) is 0.158. The Morgan fingerprint density at radius 3 is 2.89 bits per heavy atom. The Bertz CT molecular complexity index is 520. The van der Waals surface area contributed by atoms with Crippen LogP contribution in [0.5, 0.6) is 0 Å². The van der Waals surface area contributed by atoms with E-state index in [0.29, 0.717) is 6.54 Å². The van der Waals surface area contributed by atoms with Crippen LogP contribution in [0.2, 0.25) is 0 Å². The lowest BCUT2D eigenvalue weighted by Crippen LogP contribution is -2.25. The third-order valence-electron chi connectivity index (χ3n) is 3.01. The van der Waals surface area contributed by atoms with Gasteiger partial charge in [-0.3, -0.25) is 9.69 Å². The monoisotopic (exact) mass is 264 g/mol. The van der Waals surface area contributed by atoms with Crippen LogP contribution < -0.4 is 0 Å². The van der Waals surface area contributed by atoms with Gasteiger partial charge in [0.1, 0.15) is 5.01 Å². The number of aromatic nitrogens is 1. The number of carboxylic acid groups (broad SMARTS) is 1. The second kappa shape index (κ2) is 5.46. The standard InChI is InChI=1S/C13H16N2O2S/c1-9(15(2)8-7-12(16)17)13-14-10-5-3-4-6-11(10)18-13/h3-6,9H,7-8H2,1-2H3,(H,16,17)/t9-/m0/s1. The van der Waals surface area contributed by atoms with Crippen LogP contribution in [-0.4, -0.2) is 34.6 Å². The first-order valence-corrected chi connectivity index (χ1v) is 6.67. The number of carbonyl (C=O) groups is 1. The van der Waals surface area contributed by atoms with Crippen LogP contribution in [0.4, 0.5) is 0 Å². The predicted octanol–water partition coefficient (Wildman–Crippen LogP) is 2.76. The SMILES string of the molecule is C[C@@H](c1nc2ccccc2s1)N(C)CCC(=O)O. The summed E-state index contributed by atoms with van der Waals surface area (Å²) in [6.45, 7) is 2.59. The van der Waals surface area contributed by atoms with Gasteiger partial charge < -0.3 is 5.11 Å². The molecule has 0 saturated carbocycles. The average Bonchev–Trinajstić information content (AvgIpc) is 2.78. The van der Waals surface area contributed by atoms with Gasteiger partial charge in [0.15, 0.2) is 0 Å². The van der Waals surface area contributed by atoms with Crippen molar-refractivity contribution in [1.29, 1.82) is 0 Å². The van der Waals surface area contributed by atoms with Crippen molar-refractivity contribution in [3.63, 3.8) is 0 Å². The lowest BCUT2D eigenvalue weighted by molar-refractivity contribution is -0.137. The zero-order valence-electron chi connectivity index (χ0n) is 10.5. The molecular weight excluding hydrogens is 248 g/mol. The molecule has 2 aromatic rings. The van der Waals surface area contributed by atoms with Crippen LogP contribution in [0.25, 0.3) is 10.2 Å². The second-order valence-corrected chi connectivity index (χ2v) is 5.38. The molecule has 0 unspecified atom stereocenters. The highest BCUT2D eigenvalue weighted by Crippen LogP contribution is 2.28. The third kappa shape index (κ3) is 2.86. The molecule has 0 saturated heterocycles. The summed E-state index contributed by atoms with van der Waals surface area (Å²) in [7, 11) is 1.93. The van der Waals surface area contributed by atoms with Crippen molar-refractivity contribution in [3.8, 4) is 0 Å². The fraction of sp³-hybridized carbons (Fsp3) is 0.385. The van der Waals surface area contributed by atoms with E-state index in [4.69, 9.17) is 5.11 Å². The number of rotatable bonds is 5. The first-order chi connectivity index (χ1) is 8.58. The molecular formula is C13H16N2O2S. The van der Waals surface area contributed by atoms with E-state index >= 15 is 0 Å². The predicted molar refractivity (Wildman–Crippen MR) is 72.9 cm³/mol. The number of thiazole rings is 1. The fourth-order valence-corrected chi connectivity index (χ4v) is 2.81. The molecule has 0 aliphatic heterocycles. The van der Waals surface area contributed by atoms with Gasteiger partial charge in [-0.1, -0.05) is 12.1 Å². The van der Waals surface area contributed by atoms with E-state index in [1.165, 1.54) is 4.70 Å². The van der Waals surface area contributed by atoms with Crippen LogP contribution in [0.1, 0.15) is 24.4 Å². The minimum absolute atomic E-state index is 0.141. The van der Waals surface area contributed by atoms with Crippen LogP contribution in [0, 0.1) is 0 Å². The summed E-state index contributed by atoms with van der Waals surface area (Å²) in [6, 6.07) is 8.18. The van der Waals surface area contributed by atoms with E-state index in [-0.39, 0.29) is 12.5 Å². The molecule has 0 radical (unpaired) electrons. The average molecular weight is 264 g/mol. The molecule has 0 aliphatic rings. The molecule has 0 aliphatic carbocycles. The number of hydrogen-bond acceptors (Lipinski definition) is 4. The summed E-state index contributed by atoms with van der Waals surface area (Å²) < 4.78 is 1.17. The second-order valence-electron chi connectivity index (χ2n) is 4.32. The van der Waals surface area contributed by atoms with Crippen LogP contribution in [0.15, 0.2) is 24.3 Å². The van der Waals surface area contributed by atoms with Gasteiger partial charge >= 0.3 is 5.97 Å². The summed E-state index contributed by atoms with van der Waals surface area (Å²) in [5.74, 6) is -0.765. The van der Waals surface area contributed by atoms with Crippen molar-refractivity contribution in [2.75, 3.05) is 13.6 Å². The summed E-state index contributed by atoms with van der Waals surface area (Å²) >= 11 is 1.67. The summed E-state index contributed by atoms with van der Waals surface area (Å²) in [4.78, 5) is 17.2. The Morgan fingerprint density at radius 2 is 2.22 bits per heavy atom. The van der Waals surface area contributed by atoms with Gasteiger partial charge in [0.05, 0.1) is 22.7 Å². The number of hydrogen-bond donors (Lipinski definition) is 1. The van der Waals surface area contributed by atoms with Gasteiger partial charge in [-0.25, -0.2) is 4.98 Å². The molecule has 2 rings (SSSR count). The maximum absolute atomic E-state index is 10.6. The molecule has 1 N–H and O–H groups in total. The molecule has 4 nitrogen and oxygen atoms in total. The number of aliphatic carboxylic acids is 1. The topological polar surface area (TPSA) is 53.4 Å². The molecule has 1 heterocycles. The Balaban J connectivity index is 2.12. The van der Waals surface area contributed by atoms with Crippen molar-refractivity contribution in [3.05, 3.63) is 29.3 Å². The first kappa shape index (κ1) is 13.0. The largest absolute Gasteiger partial charge is 0.481 e. The van der Waals surface area contributed by atoms with E-state index in [0.717, 1.165) is 10.5 Å². The summed E-state index contributed by atoms with van der Waals surface area (Å²) in [5, 5.41) is 9.72. The molecule has 1 atom stereocenters. The minimum Gasteiger partial charge on any atom is -0.481 e. The van der Waals surface area contributed by atoms with Gasteiger partial charge in [-0.15, -0.1) is 11.3 Å². The Labute approximate surface area is 110 Å². The van der Waals surface area contributed by atoms with Gasteiger partial charge in [-0.2, -0.15) is 0 Å². The summed E-state index contributed by atoms with van der Waals surface area (Å²) in [5.41, 5.74) is 1.01. The molecule has 5 heteroatoms. The van der Waals surface area contributed by atoms with Gasteiger partial charge in [-0.05, 0) is 26.1 Å². The van der Waals surface area contributed by atoms with Crippen molar-refractivity contribution >= 4 is 27.5 Å². The van der Waals surface area contributed by atoms with Crippen molar-refractivity contribution < 1.29 is 9.90 Å². The molecule has 0 amide bonds. The maximum atomic E-state index is 10.6. The molecule has 0 spiro atoms. The molecule has 96 valence electrons. The Kier molecular flexibility index (Phi) is 3.93. The molecule has 0 bridgehead atoms. The van der Waals surface area contributed by atoms with Gasteiger partial charge in [0.2, 0.25) is 0 Å². The quantitative estimate of drug-likeness (QED) is 0.902. The fourth-order valence-electron chi connectivity index (χ4n) is 1.72. The maximum Gasteiger partial charge on any atom is 0.304 e. The lowest BCUT2D eigenvalue weighted by Gasteiger charge is -2.21. The normalized spacial score (nSPS) is 13.1. The van der Waals surface area contributed by atoms with Crippen LogP contribution >= 0.6 is 11.3 Å². The van der Waals surface area contributed by atoms with E-state index in [9.17, 15) is 4.79 Å². The number of fused-ring (bicyclic) bond motifs is 1. The molecule has 0 fully saturated rings.